The molecule has 1 unspecified atom stereocenters. The van der Waals surface area contributed by atoms with E-state index in [0.29, 0.717) is 4.88 Å². The average Bonchev–Trinajstić information content (AvgIpc) is 3.04. The van der Waals surface area contributed by atoms with Gasteiger partial charge in [-0.25, -0.2) is 9.59 Å². The molecule has 0 aliphatic heterocycles. The molecule has 2 rings (SSSR count). The van der Waals surface area contributed by atoms with Crippen LogP contribution in [0.5, 0.6) is 0 Å². The molecule has 1 fully saturated rings. The van der Waals surface area contributed by atoms with E-state index < -0.39 is 18.0 Å². The number of thiophene rings is 1. The van der Waals surface area contributed by atoms with Crippen LogP contribution in [0.25, 0.3) is 0 Å². The summed E-state index contributed by atoms with van der Waals surface area (Å²) in [6.45, 7) is -0.168. The van der Waals surface area contributed by atoms with Gasteiger partial charge in [-0.05, 0) is 24.3 Å². The number of carbonyl (C=O) groups excluding carboxylic acids is 2. The van der Waals surface area contributed by atoms with Crippen molar-refractivity contribution in [3.05, 3.63) is 22.4 Å². The molecule has 1 aromatic heterocycles. The van der Waals surface area contributed by atoms with Crippen LogP contribution in [0.4, 0.5) is 4.79 Å². The lowest BCUT2D eigenvalue weighted by molar-refractivity contribution is -0.139. The van der Waals surface area contributed by atoms with Crippen LogP contribution in [0.1, 0.15) is 23.8 Å². The Bertz CT molecular complexity index is 499. The van der Waals surface area contributed by atoms with Gasteiger partial charge >= 0.3 is 12.0 Å². The molecule has 0 saturated heterocycles. The van der Waals surface area contributed by atoms with E-state index >= 15 is 0 Å². The summed E-state index contributed by atoms with van der Waals surface area (Å²) in [6.07, 6.45) is 1.94. The molecule has 1 heterocycles. The Labute approximate surface area is 119 Å². The lowest BCUT2D eigenvalue weighted by atomic mass is 10.2. The van der Waals surface area contributed by atoms with Crippen LogP contribution in [-0.2, 0) is 9.59 Å². The van der Waals surface area contributed by atoms with Crippen LogP contribution in [-0.4, -0.2) is 35.6 Å². The zero-order valence-corrected chi connectivity index (χ0v) is 11.4. The van der Waals surface area contributed by atoms with Gasteiger partial charge in [-0.1, -0.05) is 6.07 Å². The average molecular weight is 297 g/mol. The summed E-state index contributed by atoms with van der Waals surface area (Å²) in [6, 6.07) is 1.77. The van der Waals surface area contributed by atoms with Crippen molar-refractivity contribution in [2.24, 2.45) is 0 Å². The van der Waals surface area contributed by atoms with Gasteiger partial charge in [0.2, 0.25) is 5.91 Å². The Morgan fingerprint density at radius 3 is 2.70 bits per heavy atom. The number of carboxylic acid groups (broad SMARTS) is 1. The van der Waals surface area contributed by atoms with Gasteiger partial charge in [-0.15, -0.1) is 11.3 Å². The third-order valence-electron chi connectivity index (χ3n) is 2.70. The molecule has 0 spiro atoms. The number of amides is 3. The number of hydrogen-bond donors (Lipinski definition) is 4. The Hall–Kier alpha value is -2.09. The Morgan fingerprint density at radius 1 is 1.40 bits per heavy atom. The van der Waals surface area contributed by atoms with Crippen LogP contribution in [0, 0.1) is 0 Å². The molecule has 1 saturated carbocycles. The molecule has 108 valence electrons. The first-order valence-corrected chi connectivity index (χ1v) is 7.04. The van der Waals surface area contributed by atoms with Crippen molar-refractivity contribution in [3.8, 4) is 0 Å². The van der Waals surface area contributed by atoms with E-state index in [1.54, 1.807) is 17.5 Å². The highest BCUT2D eigenvalue weighted by molar-refractivity contribution is 7.10. The minimum atomic E-state index is -1.15. The van der Waals surface area contributed by atoms with Gasteiger partial charge in [0.25, 0.3) is 0 Å². The van der Waals surface area contributed by atoms with Gasteiger partial charge in [0, 0.05) is 10.9 Å². The first-order valence-electron chi connectivity index (χ1n) is 6.16. The van der Waals surface area contributed by atoms with Crippen LogP contribution < -0.4 is 16.0 Å². The van der Waals surface area contributed by atoms with Crippen LogP contribution >= 0.6 is 11.3 Å². The highest BCUT2D eigenvalue weighted by Crippen LogP contribution is 2.19. The third kappa shape index (κ3) is 4.23. The fraction of sp³-hybridized carbons (Fsp3) is 0.417. The molecule has 20 heavy (non-hydrogen) atoms. The molecule has 0 bridgehead atoms. The molecule has 3 amide bonds. The number of hydrogen-bond acceptors (Lipinski definition) is 4. The molecule has 1 aliphatic carbocycles. The molecular weight excluding hydrogens is 282 g/mol. The Kier molecular flexibility index (Phi) is 4.57. The number of carboxylic acids is 1. The minimum Gasteiger partial charge on any atom is -0.479 e. The second kappa shape index (κ2) is 6.38. The van der Waals surface area contributed by atoms with Crippen molar-refractivity contribution < 1.29 is 19.5 Å². The normalized spacial score (nSPS) is 15.2. The summed E-state index contributed by atoms with van der Waals surface area (Å²) in [5, 5.41) is 18.2. The van der Waals surface area contributed by atoms with Crippen molar-refractivity contribution in [3.63, 3.8) is 0 Å². The largest absolute Gasteiger partial charge is 0.479 e. The zero-order valence-electron chi connectivity index (χ0n) is 10.6. The van der Waals surface area contributed by atoms with Crippen molar-refractivity contribution in [1.29, 1.82) is 0 Å². The van der Waals surface area contributed by atoms with Crippen LogP contribution in [0.3, 0.4) is 0 Å². The maximum absolute atomic E-state index is 11.6. The van der Waals surface area contributed by atoms with E-state index in [9.17, 15) is 14.4 Å². The predicted molar refractivity (Wildman–Crippen MR) is 72.4 cm³/mol. The SMILES string of the molecule is O=C(CNC(=O)NC(C(=O)O)c1cccs1)NC1CC1. The number of aliphatic carboxylic acids is 1. The molecule has 8 heteroatoms. The smallest absolute Gasteiger partial charge is 0.331 e. The molecule has 0 aromatic carbocycles. The Morgan fingerprint density at radius 2 is 2.15 bits per heavy atom. The summed E-state index contributed by atoms with van der Waals surface area (Å²) < 4.78 is 0. The van der Waals surface area contributed by atoms with Gasteiger partial charge in [0.15, 0.2) is 6.04 Å². The molecular formula is C12H15N3O4S. The quantitative estimate of drug-likeness (QED) is 0.611. The number of rotatable bonds is 6. The van der Waals surface area contributed by atoms with Crippen molar-refractivity contribution in [2.45, 2.75) is 24.9 Å². The third-order valence-corrected chi connectivity index (χ3v) is 3.64. The number of urea groups is 1. The molecule has 1 aromatic rings. The summed E-state index contributed by atoms with van der Waals surface area (Å²) in [5.74, 6) is -1.42. The van der Waals surface area contributed by atoms with Gasteiger partial charge in [-0.3, -0.25) is 4.79 Å². The van der Waals surface area contributed by atoms with Gasteiger partial charge < -0.3 is 21.1 Å². The number of carbonyl (C=O) groups is 3. The fourth-order valence-electron chi connectivity index (χ4n) is 1.56. The van der Waals surface area contributed by atoms with Crippen molar-refractivity contribution >= 4 is 29.2 Å². The van der Waals surface area contributed by atoms with E-state index in [0.717, 1.165) is 12.8 Å². The predicted octanol–water partition coefficient (Wildman–Crippen LogP) is 0.452. The molecule has 0 radical (unpaired) electrons. The zero-order chi connectivity index (χ0) is 14.5. The lowest BCUT2D eigenvalue weighted by Crippen LogP contribution is -2.45. The molecule has 1 aliphatic rings. The van der Waals surface area contributed by atoms with Crippen molar-refractivity contribution in [1.82, 2.24) is 16.0 Å². The monoisotopic (exact) mass is 297 g/mol. The van der Waals surface area contributed by atoms with E-state index in [4.69, 9.17) is 5.11 Å². The number of nitrogens with one attached hydrogen (secondary N) is 3. The first-order chi connectivity index (χ1) is 9.56. The van der Waals surface area contributed by atoms with E-state index in [2.05, 4.69) is 16.0 Å². The maximum Gasteiger partial charge on any atom is 0.331 e. The van der Waals surface area contributed by atoms with Crippen LogP contribution in [0.15, 0.2) is 17.5 Å². The lowest BCUT2D eigenvalue weighted by Gasteiger charge is -2.13. The highest BCUT2D eigenvalue weighted by atomic mass is 32.1. The van der Waals surface area contributed by atoms with Crippen molar-refractivity contribution in [2.75, 3.05) is 6.54 Å². The van der Waals surface area contributed by atoms with Gasteiger partial charge in [-0.2, -0.15) is 0 Å². The summed E-state index contributed by atoms with van der Waals surface area (Å²) >= 11 is 1.24. The first kappa shape index (κ1) is 14.3. The topological polar surface area (TPSA) is 108 Å². The van der Waals surface area contributed by atoms with E-state index in [1.165, 1.54) is 11.3 Å². The second-order valence-electron chi connectivity index (χ2n) is 4.46. The summed E-state index contributed by atoms with van der Waals surface area (Å²) in [5.41, 5.74) is 0. The van der Waals surface area contributed by atoms with E-state index in [1.807, 2.05) is 0 Å². The van der Waals surface area contributed by atoms with Gasteiger partial charge in [0.1, 0.15) is 0 Å². The minimum absolute atomic E-state index is 0.168. The van der Waals surface area contributed by atoms with Gasteiger partial charge in [0.05, 0.1) is 6.54 Å². The highest BCUT2D eigenvalue weighted by Gasteiger charge is 2.25. The maximum atomic E-state index is 11.6. The molecule has 7 nitrogen and oxygen atoms in total. The fourth-order valence-corrected chi connectivity index (χ4v) is 2.33. The summed E-state index contributed by atoms with van der Waals surface area (Å²) in [4.78, 5) is 34.6. The van der Waals surface area contributed by atoms with Crippen LogP contribution in [0.2, 0.25) is 0 Å². The van der Waals surface area contributed by atoms with E-state index in [-0.39, 0.29) is 18.5 Å². The summed E-state index contributed by atoms with van der Waals surface area (Å²) in [7, 11) is 0. The Balaban J connectivity index is 1.79. The second-order valence-corrected chi connectivity index (χ2v) is 5.43. The molecule has 4 N–H and O–H groups in total. The standard InChI is InChI=1S/C12H15N3O4S/c16-9(14-7-3-4-7)6-13-12(19)15-10(11(17)18)8-2-1-5-20-8/h1-2,5,7,10H,3-4,6H2,(H,14,16)(H,17,18)(H2,13,15,19). The molecule has 1 atom stereocenters.